The van der Waals surface area contributed by atoms with Crippen LogP contribution in [0.3, 0.4) is 0 Å². The molecule has 4 aromatic rings. The summed E-state index contributed by atoms with van der Waals surface area (Å²) in [6.45, 7) is 1.18. The summed E-state index contributed by atoms with van der Waals surface area (Å²) in [4.78, 5) is 19.6. The van der Waals surface area contributed by atoms with Crippen LogP contribution in [0.2, 0.25) is 0 Å². The number of nitrogens with zero attached hydrogens (tertiary/aromatic N) is 3. The Kier molecular flexibility index (Phi) is 4.90. The molecular formula is C23H20N4O4S. The normalized spacial score (nSPS) is 14.0. The van der Waals surface area contributed by atoms with Gasteiger partial charge in [0.1, 0.15) is 12.4 Å². The number of aromatic amines is 1. The summed E-state index contributed by atoms with van der Waals surface area (Å²) in [5, 5.41) is 7.83. The number of pyridine rings is 1. The van der Waals surface area contributed by atoms with Crippen molar-refractivity contribution in [3.63, 3.8) is 0 Å². The molecule has 0 saturated heterocycles. The molecular weight excluding hydrogens is 428 g/mol. The summed E-state index contributed by atoms with van der Waals surface area (Å²) in [6, 6.07) is 15.7. The van der Waals surface area contributed by atoms with E-state index in [4.69, 9.17) is 4.74 Å². The van der Waals surface area contributed by atoms with Gasteiger partial charge < -0.3 is 9.64 Å². The minimum absolute atomic E-state index is 0.177. The number of benzene rings is 2. The van der Waals surface area contributed by atoms with Gasteiger partial charge in [0.05, 0.1) is 23.3 Å². The third kappa shape index (κ3) is 3.82. The number of nitrogens with one attached hydrogen (secondary N) is 1. The highest BCUT2D eigenvalue weighted by Gasteiger charge is 2.22. The molecule has 162 valence electrons. The van der Waals surface area contributed by atoms with Crippen molar-refractivity contribution in [2.45, 2.75) is 11.4 Å². The number of sulfone groups is 1. The second kappa shape index (κ2) is 7.76. The predicted molar refractivity (Wildman–Crippen MR) is 119 cm³/mol. The predicted octanol–water partition coefficient (Wildman–Crippen LogP) is 3.06. The van der Waals surface area contributed by atoms with E-state index in [9.17, 15) is 13.2 Å². The highest BCUT2D eigenvalue weighted by atomic mass is 32.2. The maximum atomic E-state index is 13.1. The van der Waals surface area contributed by atoms with Crippen molar-refractivity contribution >= 4 is 26.8 Å². The standard InChI is InChI=1S/C23H20N4O4S/c1-32(29,30)19-6-2-15(3-7-19)23(28)27-10-11-31-21-9-5-16(12-18(21)14-27)20-8-4-17-13-24-26-22(17)25-20/h2-9,12-13H,10-11,14H2,1H3,(H,24,25,26). The molecule has 2 aromatic carbocycles. The minimum atomic E-state index is -3.31. The second-order valence-electron chi connectivity index (χ2n) is 7.70. The van der Waals surface area contributed by atoms with Crippen LogP contribution in [0, 0.1) is 0 Å². The Hall–Kier alpha value is -3.72. The van der Waals surface area contributed by atoms with Gasteiger partial charge in [-0.05, 0) is 54.6 Å². The number of hydrogen-bond donors (Lipinski definition) is 1. The van der Waals surface area contributed by atoms with Crippen LogP contribution in [0.4, 0.5) is 0 Å². The van der Waals surface area contributed by atoms with Crippen LogP contribution in [-0.2, 0) is 16.4 Å². The Morgan fingerprint density at radius 1 is 1.09 bits per heavy atom. The summed E-state index contributed by atoms with van der Waals surface area (Å²) in [6.07, 6.45) is 2.87. The van der Waals surface area contributed by atoms with Gasteiger partial charge in [-0.1, -0.05) is 0 Å². The van der Waals surface area contributed by atoms with Crippen LogP contribution < -0.4 is 4.74 Å². The summed E-state index contributed by atoms with van der Waals surface area (Å²) >= 11 is 0. The first-order valence-electron chi connectivity index (χ1n) is 10.0. The molecule has 0 radical (unpaired) electrons. The number of carbonyl (C=O) groups excluding carboxylic acids is 1. The monoisotopic (exact) mass is 448 g/mol. The van der Waals surface area contributed by atoms with E-state index < -0.39 is 9.84 Å². The van der Waals surface area contributed by atoms with Gasteiger partial charge in [0.15, 0.2) is 15.5 Å². The quantitative estimate of drug-likeness (QED) is 0.516. The van der Waals surface area contributed by atoms with Gasteiger partial charge in [0.2, 0.25) is 0 Å². The molecule has 5 rings (SSSR count). The maximum absolute atomic E-state index is 13.1. The van der Waals surface area contributed by atoms with Crippen molar-refractivity contribution in [2.75, 3.05) is 19.4 Å². The van der Waals surface area contributed by atoms with Crippen molar-refractivity contribution in [3.05, 3.63) is 71.9 Å². The van der Waals surface area contributed by atoms with Crippen molar-refractivity contribution in [3.8, 4) is 17.0 Å². The number of fused-ring (bicyclic) bond motifs is 2. The van der Waals surface area contributed by atoms with E-state index in [2.05, 4.69) is 15.2 Å². The molecule has 1 amide bonds. The van der Waals surface area contributed by atoms with Crippen LogP contribution in [0.25, 0.3) is 22.3 Å². The molecule has 1 N–H and O–H groups in total. The van der Waals surface area contributed by atoms with Gasteiger partial charge >= 0.3 is 0 Å². The zero-order valence-electron chi connectivity index (χ0n) is 17.3. The molecule has 0 spiro atoms. The molecule has 8 nitrogen and oxygen atoms in total. The van der Waals surface area contributed by atoms with Crippen molar-refractivity contribution < 1.29 is 17.9 Å². The number of carbonyl (C=O) groups is 1. The molecule has 1 aliphatic rings. The van der Waals surface area contributed by atoms with Crippen molar-refractivity contribution in [1.82, 2.24) is 20.1 Å². The summed E-state index contributed by atoms with van der Waals surface area (Å²) in [5.74, 6) is 0.558. The summed E-state index contributed by atoms with van der Waals surface area (Å²) < 4.78 is 29.2. The van der Waals surface area contributed by atoms with Gasteiger partial charge in [-0.2, -0.15) is 5.10 Å². The number of rotatable bonds is 3. The Balaban J connectivity index is 1.43. The number of H-pyrrole nitrogens is 1. The SMILES string of the molecule is CS(=O)(=O)c1ccc(C(=O)N2CCOc3ccc(-c4ccc5cn[nH]c5n4)cc3C2)cc1. The highest BCUT2D eigenvalue weighted by molar-refractivity contribution is 7.90. The first-order valence-corrected chi connectivity index (χ1v) is 11.9. The first kappa shape index (κ1) is 20.2. The first-order chi connectivity index (χ1) is 15.4. The molecule has 0 bridgehead atoms. The van der Waals surface area contributed by atoms with Crippen LogP contribution in [-0.4, -0.2) is 53.8 Å². The lowest BCUT2D eigenvalue weighted by Gasteiger charge is -2.20. The van der Waals surface area contributed by atoms with Gasteiger partial charge in [0, 0.05) is 34.9 Å². The molecule has 0 fully saturated rings. The van der Waals surface area contributed by atoms with Gasteiger partial charge in [0.25, 0.3) is 5.91 Å². The maximum Gasteiger partial charge on any atom is 0.254 e. The van der Waals surface area contributed by atoms with E-state index in [1.807, 2.05) is 30.3 Å². The molecule has 0 unspecified atom stereocenters. The molecule has 0 atom stereocenters. The van der Waals surface area contributed by atoms with Crippen LogP contribution in [0.1, 0.15) is 15.9 Å². The largest absolute Gasteiger partial charge is 0.491 e. The van der Waals surface area contributed by atoms with E-state index >= 15 is 0 Å². The fourth-order valence-corrected chi connectivity index (χ4v) is 4.37. The van der Waals surface area contributed by atoms with E-state index in [1.165, 1.54) is 12.1 Å². The Morgan fingerprint density at radius 3 is 2.69 bits per heavy atom. The Morgan fingerprint density at radius 2 is 1.91 bits per heavy atom. The lowest BCUT2D eigenvalue weighted by Crippen LogP contribution is -2.32. The van der Waals surface area contributed by atoms with Crippen molar-refractivity contribution in [1.29, 1.82) is 0 Å². The molecule has 0 aliphatic carbocycles. The topological polar surface area (TPSA) is 105 Å². The fraction of sp³-hybridized carbons (Fsp3) is 0.174. The molecule has 0 saturated carbocycles. The lowest BCUT2D eigenvalue weighted by molar-refractivity contribution is 0.0733. The minimum Gasteiger partial charge on any atom is -0.491 e. The third-order valence-corrected chi connectivity index (χ3v) is 6.58. The molecule has 1 aliphatic heterocycles. The third-order valence-electron chi connectivity index (χ3n) is 5.45. The smallest absolute Gasteiger partial charge is 0.254 e. The van der Waals surface area contributed by atoms with E-state index in [0.29, 0.717) is 30.9 Å². The van der Waals surface area contributed by atoms with Gasteiger partial charge in [-0.25, -0.2) is 13.4 Å². The second-order valence-corrected chi connectivity index (χ2v) is 9.71. The average Bonchev–Trinajstić information content (AvgIpc) is 3.15. The zero-order chi connectivity index (χ0) is 22.3. The van der Waals surface area contributed by atoms with E-state index in [1.54, 1.807) is 23.2 Å². The highest BCUT2D eigenvalue weighted by Crippen LogP contribution is 2.30. The molecule has 2 aromatic heterocycles. The van der Waals surface area contributed by atoms with Crippen molar-refractivity contribution in [2.24, 2.45) is 0 Å². The number of aromatic nitrogens is 3. The van der Waals surface area contributed by atoms with E-state index in [0.717, 1.165) is 34.2 Å². The number of hydrogen-bond acceptors (Lipinski definition) is 6. The van der Waals surface area contributed by atoms with Gasteiger partial charge in [-0.3, -0.25) is 9.89 Å². The van der Waals surface area contributed by atoms with Crippen LogP contribution in [0.5, 0.6) is 5.75 Å². The lowest BCUT2D eigenvalue weighted by atomic mass is 10.1. The Labute approximate surface area is 184 Å². The average molecular weight is 449 g/mol. The number of amides is 1. The zero-order valence-corrected chi connectivity index (χ0v) is 18.1. The fourth-order valence-electron chi connectivity index (χ4n) is 3.74. The summed E-state index contributed by atoms with van der Waals surface area (Å²) in [7, 11) is -3.31. The van der Waals surface area contributed by atoms with Crippen LogP contribution in [0.15, 0.2) is 65.7 Å². The number of ether oxygens (including phenoxy) is 1. The molecule has 9 heteroatoms. The Bertz CT molecular complexity index is 1430. The van der Waals surface area contributed by atoms with E-state index in [-0.39, 0.29) is 10.8 Å². The summed E-state index contributed by atoms with van der Waals surface area (Å²) in [5.41, 5.74) is 3.73. The van der Waals surface area contributed by atoms with Crippen LogP contribution >= 0.6 is 0 Å². The molecule has 3 heterocycles. The van der Waals surface area contributed by atoms with Gasteiger partial charge in [-0.15, -0.1) is 0 Å². The molecule has 32 heavy (non-hydrogen) atoms.